The molecule has 0 fully saturated rings. The van der Waals surface area contributed by atoms with E-state index in [1.165, 1.54) is 10.9 Å². The zero-order valence-electron chi connectivity index (χ0n) is 19.5. The van der Waals surface area contributed by atoms with Crippen molar-refractivity contribution >= 4 is 17.1 Å². The molecule has 0 aliphatic carbocycles. The van der Waals surface area contributed by atoms with Gasteiger partial charge in [0.15, 0.2) is 11.2 Å². The zero-order chi connectivity index (χ0) is 23.8. The van der Waals surface area contributed by atoms with E-state index in [9.17, 15) is 14.4 Å². The topological polar surface area (TPSA) is 103 Å². The van der Waals surface area contributed by atoms with Crippen LogP contribution in [0.2, 0.25) is 0 Å². The van der Waals surface area contributed by atoms with E-state index in [0.717, 1.165) is 23.2 Å². The first-order valence-corrected chi connectivity index (χ1v) is 11.2. The molecule has 2 heterocycles. The highest BCUT2D eigenvalue weighted by Crippen LogP contribution is 2.10. The van der Waals surface area contributed by atoms with Crippen molar-refractivity contribution in [3.8, 4) is 0 Å². The Balaban J connectivity index is 1.96. The van der Waals surface area contributed by atoms with E-state index < -0.39 is 11.2 Å². The monoisotopic (exact) mass is 456 g/mol. The number of nitrogens with zero attached hydrogens (tertiary/aromatic N) is 5. The molecule has 3 rings (SSSR count). The minimum absolute atomic E-state index is 0.237. The fourth-order valence-electron chi connectivity index (χ4n) is 3.74. The third-order valence-electron chi connectivity index (χ3n) is 5.65. The summed E-state index contributed by atoms with van der Waals surface area (Å²) in [6.07, 6.45) is 1.53. The number of hydrogen-bond donors (Lipinski definition) is 1. The summed E-state index contributed by atoms with van der Waals surface area (Å²) in [7, 11) is 1.57. The lowest BCUT2D eigenvalue weighted by molar-refractivity contribution is -0.121. The minimum atomic E-state index is -0.563. The molecule has 0 atom stereocenters. The number of aromatic nitrogens is 4. The third kappa shape index (κ3) is 5.77. The van der Waals surface area contributed by atoms with Gasteiger partial charge in [0.25, 0.3) is 5.56 Å². The molecular formula is C23H32N6O4. The smallest absolute Gasteiger partial charge is 0.333 e. The van der Waals surface area contributed by atoms with Gasteiger partial charge in [-0.3, -0.25) is 14.2 Å². The van der Waals surface area contributed by atoms with Crippen molar-refractivity contribution in [1.29, 1.82) is 0 Å². The van der Waals surface area contributed by atoms with Crippen molar-refractivity contribution in [1.82, 2.24) is 28.9 Å². The zero-order valence-corrected chi connectivity index (χ0v) is 19.5. The number of methoxy groups -OCH3 is 1. The molecular weight excluding hydrogens is 424 g/mol. The molecule has 0 saturated heterocycles. The number of fused-ring (bicyclic) bond motifs is 1. The summed E-state index contributed by atoms with van der Waals surface area (Å²) in [6.45, 7) is 7.71. The SMILES string of the molecule is CCN(CC)CCNC(=O)Cn1c(=O)c2c(ncn2CCOC)n(Cc2ccccc2)c1=O. The van der Waals surface area contributed by atoms with Crippen LogP contribution in [0.1, 0.15) is 19.4 Å². The summed E-state index contributed by atoms with van der Waals surface area (Å²) < 4.78 is 9.23. The highest BCUT2D eigenvalue weighted by Gasteiger charge is 2.20. The van der Waals surface area contributed by atoms with E-state index in [0.29, 0.717) is 31.9 Å². The maximum absolute atomic E-state index is 13.3. The highest BCUT2D eigenvalue weighted by atomic mass is 16.5. The second-order valence-electron chi connectivity index (χ2n) is 7.73. The Morgan fingerprint density at radius 2 is 1.85 bits per heavy atom. The summed E-state index contributed by atoms with van der Waals surface area (Å²) >= 11 is 0. The molecule has 10 nitrogen and oxygen atoms in total. The van der Waals surface area contributed by atoms with Gasteiger partial charge in [-0.2, -0.15) is 0 Å². The van der Waals surface area contributed by atoms with Crippen molar-refractivity contribution in [2.45, 2.75) is 33.5 Å². The third-order valence-corrected chi connectivity index (χ3v) is 5.65. The second kappa shape index (κ2) is 11.6. The van der Waals surface area contributed by atoms with Crippen LogP contribution in [0.25, 0.3) is 11.2 Å². The van der Waals surface area contributed by atoms with Crippen LogP contribution in [-0.4, -0.2) is 69.4 Å². The second-order valence-corrected chi connectivity index (χ2v) is 7.73. The van der Waals surface area contributed by atoms with Gasteiger partial charge in [0.1, 0.15) is 6.54 Å². The van der Waals surface area contributed by atoms with E-state index in [-0.39, 0.29) is 24.5 Å². The number of benzene rings is 1. The molecule has 0 spiro atoms. The summed E-state index contributed by atoms with van der Waals surface area (Å²) in [4.78, 5) is 45.7. The van der Waals surface area contributed by atoms with Crippen LogP contribution in [0.5, 0.6) is 0 Å². The summed E-state index contributed by atoms with van der Waals surface area (Å²) in [5, 5.41) is 2.81. The van der Waals surface area contributed by atoms with Gasteiger partial charge in [0, 0.05) is 26.7 Å². The molecule has 10 heteroatoms. The van der Waals surface area contributed by atoms with Gasteiger partial charge in [-0.05, 0) is 18.7 Å². The van der Waals surface area contributed by atoms with Crippen molar-refractivity contribution < 1.29 is 9.53 Å². The Labute approximate surface area is 192 Å². The number of carbonyl (C=O) groups excluding carboxylic acids is 1. The largest absolute Gasteiger partial charge is 0.383 e. The standard InChI is InChI=1S/C23H32N6O4/c1-4-26(5-2)12-11-24-19(30)16-29-22(31)20-21(25-17-27(20)13-14-33-3)28(23(29)32)15-18-9-7-6-8-10-18/h6-10,17H,4-5,11-16H2,1-3H3,(H,24,30). The average molecular weight is 457 g/mol. The van der Waals surface area contributed by atoms with Crippen molar-refractivity contribution in [2.24, 2.45) is 0 Å². The minimum Gasteiger partial charge on any atom is -0.383 e. The fourth-order valence-corrected chi connectivity index (χ4v) is 3.74. The quantitative estimate of drug-likeness (QED) is 0.426. The van der Waals surface area contributed by atoms with Gasteiger partial charge >= 0.3 is 5.69 Å². The van der Waals surface area contributed by atoms with Crippen LogP contribution in [0.4, 0.5) is 0 Å². The number of nitrogens with one attached hydrogen (secondary N) is 1. The van der Waals surface area contributed by atoms with E-state index in [4.69, 9.17) is 4.74 Å². The maximum atomic E-state index is 13.3. The molecule has 1 amide bonds. The molecule has 0 unspecified atom stereocenters. The van der Waals surface area contributed by atoms with Gasteiger partial charge in [-0.1, -0.05) is 44.2 Å². The van der Waals surface area contributed by atoms with Crippen LogP contribution in [0.15, 0.2) is 46.2 Å². The Kier molecular flexibility index (Phi) is 8.56. The van der Waals surface area contributed by atoms with Gasteiger partial charge in [0.05, 0.1) is 19.5 Å². The Morgan fingerprint density at radius 1 is 1.12 bits per heavy atom. The summed E-state index contributed by atoms with van der Waals surface area (Å²) in [6, 6.07) is 9.46. The Hall–Kier alpha value is -3.24. The van der Waals surface area contributed by atoms with E-state index in [1.807, 2.05) is 30.3 Å². The van der Waals surface area contributed by atoms with Crippen LogP contribution < -0.4 is 16.6 Å². The molecule has 0 aliphatic rings. The first-order valence-electron chi connectivity index (χ1n) is 11.2. The van der Waals surface area contributed by atoms with Gasteiger partial charge < -0.3 is 19.5 Å². The van der Waals surface area contributed by atoms with Gasteiger partial charge in [-0.15, -0.1) is 0 Å². The number of rotatable bonds is 12. The molecule has 0 aliphatic heterocycles. The van der Waals surface area contributed by atoms with Crippen LogP contribution in [0.3, 0.4) is 0 Å². The lowest BCUT2D eigenvalue weighted by atomic mass is 10.2. The summed E-state index contributed by atoms with van der Waals surface area (Å²) in [5.74, 6) is -0.380. The predicted octanol–water partition coefficient (Wildman–Crippen LogP) is 0.512. The van der Waals surface area contributed by atoms with Crippen molar-refractivity contribution in [3.05, 3.63) is 63.1 Å². The van der Waals surface area contributed by atoms with Gasteiger partial charge in [-0.25, -0.2) is 14.3 Å². The van der Waals surface area contributed by atoms with Crippen LogP contribution in [0, 0.1) is 0 Å². The van der Waals surface area contributed by atoms with Crippen molar-refractivity contribution in [3.63, 3.8) is 0 Å². The Morgan fingerprint density at radius 3 is 2.52 bits per heavy atom. The normalized spacial score (nSPS) is 11.4. The van der Waals surface area contributed by atoms with E-state index in [1.54, 1.807) is 11.7 Å². The number of amides is 1. The molecule has 0 bridgehead atoms. The number of likely N-dealkylation sites (N-methyl/N-ethyl adjacent to an activating group) is 1. The van der Waals surface area contributed by atoms with E-state index in [2.05, 4.69) is 29.0 Å². The average Bonchev–Trinajstić information content (AvgIpc) is 3.25. The number of ether oxygens (including phenoxy) is 1. The highest BCUT2D eigenvalue weighted by molar-refractivity contribution is 5.76. The number of hydrogen-bond acceptors (Lipinski definition) is 6. The molecule has 2 aromatic heterocycles. The molecule has 33 heavy (non-hydrogen) atoms. The molecule has 0 radical (unpaired) electrons. The first-order chi connectivity index (χ1) is 16.0. The van der Waals surface area contributed by atoms with E-state index >= 15 is 0 Å². The van der Waals surface area contributed by atoms with Crippen LogP contribution in [-0.2, 0) is 29.2 Å². The molecule has 1 aromatic carbocycles. The van der Waals surface area contributed by atoms with Crippen LogP contribution >= 0.6 is 0 Å². The molecule has 3 aromatic rings. The number of imidazole rings is 1. The lowest BCUT2D eigenvalue weighted by Gasteiger charge is -2.18. The predicted molar refractivity (Wildman–Crippen MR) is 126 cm³/mol. The molecule has 0 saturated carbocycles. The lowest BCUT2D eigenvalue weighted by Crippen LogP contribution is -2.45. The Bertz CT molecular complexity index is 1180. The first kappa shape index (κ1) is 24.4. The molecule has 178 valence electrons. The maximum Gasteiger partial charge on any atom is 0.333 e. The fraction of sp³-hybridized carbons (Fsp3) is 0.478. The van der Waals surface area contributed by atoms with Gasteiger partial charge in [0.2, 0.25) is 5.91 Å². The number of carbonyl (C=O) groups is 1. The molecule has 1 N–H and O–H groups in total. The van der Waals surface area contributed by atoms with Crippen molar-refractivity contribution in [2.75, 3.05) is 39.9 Å². The summed E-state index contributed by atoms with van der Waals surface area (Å²) in [5.41, 5.74) is 0.363.